The maximum atomic E-state index is 12.3. The molecule has 1 heterocycles. The molecule has 0 saturated heterocycles. The topological polar surface area (TPSA) is 122 Å². The van der Waals surface area contributed by atoms with Crippen LogP contribution in [-0.2, 0) is 4.79 Å². The van der Waals surface area contributed by atoms with E-state index in [1.165, 1.54) is 18.3 Å². The normalized spacial score (nSPS) is 24.0. The Kier molecular flexibility index (Phi) is 4.98. The van der Waals surface area contributed by atoms with E-state index in [0.29, 0.717) is 18.8 Å². The zero-order valence-electron chi connectivity index (χ0n) is 13.0. The molecule has 1 aliphatic rings. The van der Waals surface area contributed by atoms with Gasteiger partial charge in [0.15, 0.2) is 0 Å². The van der Waals surface area contributed by atoms with E-state index in [1.807, 2.05) is 0 Å². The third-order valence-corrected chi connectivity index (χ3v) is 4.58. The lowest BCUT2D eigenvalue weighted by atomic mass is 9.75. The van der Waals surface area contributed by atoms with Crippen molar-refractivity contribution in [1.29, 1.82) is 0 Å². The number of pyridine rings is 1. The first-order valence-electron chi connectivity index (χ1n) is 7.69. The van der Waals surface area contributed by atoms with Gasteiger partial charge >= 0.3 is 5.97 Å². The molecule has 0 aromatic carbocycles. The molecule has 0 atom stereocenters. The van der Waals surface area contributed by atoms with Gasteiger partial charge in [0.1, 0.15) is 11.2 Å². The number of amides is 2. The van der Waals surface area contributed by atoms with Crippen LogP contribution in [0.15, 0.2) is 18.3 Å². The molecule has 1 fully saturated rings. The van der Waals surface area contributed by atoms with Gasteiger partial charge in [-0.25, -0.2) is 4.79 Å². The number of hydrogen-bond acceptors (Lipinski definition) is 4. The number of nitrogens with two attached hydrogens (primary N) is 1. The predicted molar refractivity (Wildman–Crippen MR) is 82.8 cm³/mol. The molecular weight excluding hydrogens is 298 g/mol. The van der Waals surface area contributed by atoms with E-state index in [1.54, 1.807) is 0 Å². The van der Waals surface area contributed by atoms with Gasteiger partial charge in [-0.15, -0.1) is 0 Å². The van der Waals surface area contributed by atoms with Crippen LogP contribution in [0.2, 0.25) is 0 Å². The molecule has 23 heavy (non-hydrogen) atoms. The maximum Gasteiger partial charge on any atom is 0.329 e. The van der Waals surface area contributed by atoms with Crippen LogP contribution < -0.4 is 11.1 Å². The van der Waals surface area contributed by atoms with Crippen LogP contribution in [0, 0.1) is 5.92 Å². The second kappa shape index (κ2) is 6.76. The molecule has 0 spiro atoms. The molecule has 0 bridgehead atoms. The van der Waals surface area contributed by atoms with Crippen molar-refractivity contribution in [3.8, 4) is 0 Å². The molecule has 0 unspecified atom stereocenters. The molecule has 7 nitrogen and oxygen atoms in total. The van der Waals surface area contributed by atoms with E-state index < -0.39 is 23.3 Å². The minimum absolute atomic E-state index is 0.0632. The van der Waals surface area contributed by atoms with Crippen molar-refractivity contribution in [3.05, 3.63) is 29.6 Å². The van der Waals surface area contributed by atoms with E-state index in [0.717, 1.165) is 19.3 Å². The number of aliphatic carboxylic acids is 1. The van der Waals surface area contributed by atoms with Crippen molar-refractivity contribution in [2.24, 2.45) is 11.7 Å². The van der Waals surface area contributed by atoms with Crippen LogP contribution in [-0.4, -0.2) is 33.4 Å². The van der Waals surface area contributed by atoms with Gasteiger partial charge in [-0.2, -0.15) is 0 Å². The fraction of sp³-hybridized carbons (Fsp3) is 0.500. The molecule has 2 rings (SSSR count). The van der Waals surface area contributed by atoms with Crippen molar-refractivity contribution >= 4 is 17.8 Å². The summed E-state index contributed by atoms with van der Waals surface area (Å²) in [5.74, 6) is -1.70. The lowest BCUT2D eigenvalue weighted by molar-refractivity contribution is -0.146. The van der Waals surface area contributed by atoms with Crippen LogP contribution in [0.5, 0.6) is 0 Å². The number of carbonyl (C=O) groups is 3. The zero-order valence-corrected chi connectivity index (χ0v) is 13.0. The van der Waals surface area contributed by atoms with Crippen LogP contribution in [0.4, 0.5) is 0 Å². The smallest absolute Gasteiger partial charge is 0.329 e. The summed E-state index contributed by atoms with van der Waals surface area (Å²) in [6.45, 7) is 2.08. The van der Waals surface area contributed by atoms with Crippen LogP contribution >= 0.6 is 0 Å². The highest BCUT2D eigenvalue weighted by Gasteiger charge is 2.43. The van der Waals surface area contributed by atoms with Crippen LogP contribution in [0.3, 0.4) is 0 Å². The SMILES string of the molecule is CCC1CCC(NC(=O)c2ccc(C(N)=O)cn2)(C(=O)O)CC1. The van der Waals surface area contributed by atoms with E-state index in [4.69, 9.17) is 5.73 Å². The highest BCUT2D eigenvalue weighted by Crippen LogP contribution is 2.34. The Morgan fingerprint density at radius 2 is 2.00 bits per heavy atom. The van der Waals surface area contributed by atoms with Gasteiger partial charge in [0.05, 0.1) is 5.56 Å². The molecule has 1 saturated carbocycles. The van der Waals surface area contributed by atoms with Gasteiger partial charge in [-0.05, 0) is 43.7 Å². The standard InChI is InChI=1S/C16H21N3O4/c1-2-10-5-7-16(8-6-10,15(22)23)19-14(21)12-4-3-11(9-18-12)13(17)20/h3-4,9-10H,2,5-8H2,1H3,(H2,17,20)(H,19,21)(H,22,23). The first-order chi connectivity index (χ1) is 10.9. The Morgan fingerprint density at radius 1 is 1.35 bits per heavy atom. The third kappa shape index (κ3) is 3.67. The van der Waals surface area contributed by atoms with Crippen molar-refractivity contribution < 1.29 is 19.5 Å². The summed E-state index contributed by atoms with van der Waals surface area (Å²) in [5.41, 5.74) is 4.13. The monoisotopic (exact) mass is 319 g/mol. The number of carboxylic acid groups (broad SMARTS) is 1. The second-order valence-corrected chi connectivity index (χ2v) is 5.99. The number of nitrogens with one attached hydrogen (secondary N) is 1. The molecule has 4 N–H and O–H groups in total. The van der Waals surface area contributed by atoms with E-state index in [9.17, 15) is 19.5 Å². The molecular formula is C16H21N3O4. The molecule has 1 aliphatic carbocycles. The molecule has 1 aromatic rings. The van der Waals surface area contributed by atoms with Crippen molar-refractivity contribution in [3.63, 3.8) is 0 Å². The predicted octanol–water partition coefficient (Wildman–Crippen LogP) is 1.33. The van der Waals surface area contributed by atoms with E-state index in [-0.39, 0.29) is 11.3 Å². The van der Waals surface area contributed by atoms with Gasteiger partial charge < -0.3 is 16.2 Å². The first kappa shape index (κ1) is 16.9. The van der Waals surface area contributed by atoms with Gasteiger partial charge in [0, 0.05) is 6.20 Å². The van der Waals surface area contributed by atoms with Crippen LogP contribution in [0.25, 0.3) is 0 Å². The first-order valence-corrected chi connectivity index (χ1v) is 7.69. The summed E-state index contributed by atoms with van der Waals surface area (Å²) in [4.78, 5) is 38.9. The van der Waals surface area contributed by atoms with Gasteiger partial charge in [0.2, 0.25) is 5.91 Å². The number of carbonyl (C=O) groups excluding carboxylic acids is 2. The Morgan fingerprint density at radius 3 is 2.43 bits per heavy atom. The molecule has 2 amide bonds. The molecule has 124 valence electrons. The Labute approximate surface area is 134 Å². The maximum absolute atomic E-state index is 12.3. The summed E-state index contributed by atoms with van der Waals surface area (Å²) in [6.07, 6.45) is 4.59. The van der Waals surface area contributed by atoms with E-state index >= 15 is 0 Å². The highest BCUT2D eigenvalue weighted by molar-refractivity contribution is 5.97. The van der Waals surface area contributed by atoms with Gasteiger partial charge in [-0.1, -0.05) is 13.3 Å². The number of rotatable bonds is 5. The molecule has 0 radical (unpaired) electrons. The molecule has 7 heteroatoms. The zero-order chi connectivity index (χ0) is 17.0. The summed E-state index contributed by atoms with van der Waals surface area (Å²) in [6, 6.07) is 2.76. The summed E-state index contributed by atoms with van der Waals surface area (Å²) in [5, 5.41) is 12.2. The second-order valence-electron chi connectivity index (χ2n) is 5.99. The summed E-state index contributed by atoms with van der Waals surface area (Å²) < 4.78 is 0. The van der Waals surface area contributed by atoms with Crippen LogP contribution in [0.1, 0.15) is 59.9 Å². The average molecular weight is 319 g/mol. The average Bonchev–Trinajstić information content (AvgIpc) is 2.55. The number of aromatic nitrogens is 1. The lowest BCUT2D eigenvalue weighted by Crippen LogP contribution is -2.56. The minimum atomic E-state index is -1.24. The third-order valence-electron chi connectivity index (χ3n) is 4.58. The Balaban J connectivity index is 2.12. The van der Waals surface area contributed by atoms with Gasteiger partial charge in [0.25, 0.3) is 5.91 Å². The fourth-order valence-corrected chi connectivity index (χ4v) is 2.93. The van der Waals surface area contributed by atoms with Crippen molar-refractivity contribution in [1.82, 2.24) is 10.3 Å². The summed E-state index contributed by atoms with van der Waals surface area (Å²) >= 11 is 0. The largest absolute Gasteiger partial charge is 0.480 e. The minimum Gasteiger partial charge on any atom is -0.480 e. The number of primary amides is 1. The lowest BCUT2D eigenvalue weighted by Gasteiger charge is -2.37. The molecule has 1 aromatic heterocycles. The number of carboxylic acids is 1. The van der Waals surface area contributed by atoms with Crippen molar-refractivity contribution in [2.45, 2.75) is 44.6 Å². The van der Waals surface area contributed by atoms with Gasteiger partial charge in [-0.3, -0.25) is 14.6 Å². The number of hydrogen-bond donors (Lipinski definition) is 3. The Hall–Kier alpha value is -2.44. The fourth-order valence-electron chi connectivity index (χ4n) is 2.93. The number of nitrogens with zero attached hydrogens (tertiary/aromatic N) is 1. The van der Waals surface area contributed by atoms with Crippen molar-refractivity contribution in [2.75, 3.05) is 0 Å². The Bertz CT molecular complexity index is 604. The van der Waals surface area contributed by atoms with E-state index in [2.05, 4.69) is 17.2 Å². The summed E-state index contributed by atoms with van der Waals surface area (Å²) in [7, 11) is 0. The highest BCUT2D eigenvalue weighted by atomic mass is 16.4. The quantitative estimate of drug-likeness (QED) is 0.755. The molecule has 0 aliphatic heterocycles.